The van der Waals surface area contributed by atoms with Gasteiger partial charge >= 0.3 is 0 Å². The highest BCUT2D eigenvalue weighted by molar-refractivity contribution is 5.91. The Bertz CT molecular complexity index is 655. The molecule has 0 bridgehead atoms. The first-order valence-electron chi connectivity index (χ1n) is 11.9. The lowest BCUT2D eigenvalue weighted by Crippen LogP contribution is -2.48. The molecule has 2 heterocycles. The number of hydrogen-bond acceptors (Lipinski definition) is 5. The molecule has 1 aromatic heterocycles. The van der Waals surface area contributed by atoms with E-state index in [2.05, 4.69) is 29.4 Å². The largest absolute Gasteiger partial charge is 0.459 e. The van der Waals surface area contributed by atoms with Gasteiger partial charge in [0.1, 0.15) is 0 Å². The maximum absolute atomic E-state index is 12.9. The Hall–Kier alpha value is -1.66. The van der Waals surface area contributed by atoms with Crippen molar-refractivity contribution in [2.75, 3.05) is 19.6 Å². The first kappa shape index (κ1) is 23.0. The zero-order chi connectivity index (χ0) is 21.3. The van der Waals surface area contributed by atoms with E-state index in [-0.39, 0.29) is 23.8 Å². The molecular formula is C24H39N3O3. The van der Waals surface area contributed by atoms with Gasteiger partial charge in [0.2, 0.25) is 0 Å². The van der Waals surface area contributed by atoms with Gasteiger partial charge in [0.15, 0.2) is 11.5 Å². The standard InChI is InChI=1S/C24H39N3O3/c1-3-13-27-17-22(28)21(12-11-18(27)2)25-16-20(15-19-8-5-4-6-9-19)26-24(29)23-10-7-14-30-23/h7,10,14,18-21,25H,3-6,8-9,11-13,15-17H2,1-2H3,(H,26,29)/t18-,20+,21+/m1/s1. The van der Waals surface area contributed by atoms with Gasteiger partial charge in [0, 0.05) is 18.6 Å². The van der Waals surface area contributed by atoms with Crippen LogP contribution in [-0.2, 0) is 4.79 Å². The molecule has 6 nitrogen and oxygen atoms in total. The summed E-state index contributed by atoms with van der Waals surface area (Å²) in [5.74, 6) is 1.10. The van der Waals surface area contributed by atoms with Crippen LogP contribution in [0.1, 0.15) is 82.2 Å². The molecular weight excluding hydrogens is 378 g/mol. The highest BCUT2D eigenvalue weighted by Crippen LogP contribution is 2.27. The number of nitrogens with one attached hydrogen (secondary N) is 2. The molecule has 1 amide bonds. The van der Waals surface area contributed by atoms with Gasteiger partial charge in [0.05, 0.1) is 18.8 Å². The summed E-state index contributed by atoms with van der Waals surface area (Å²) < 4.78 is 5.27. The Morgan fingerprint density at radius 3 is 2.73 bits per heavy atom. The van der Waals surface area contributed by atoms with E-state index in [1.165, 1.54) is 38.4 Å². The summed E-state index contributed by atoms with van der Waals surface area (Å²) in [7, 11) is 0. The van der Waals surface area contributed by atoms with Crippen molar-refractivity contribution in [3.8, 4) is 0 Å². The average molecular weight is 418 g/mol. The van der Waals surface area contributed by atoms with Crippen LogP contribution in [0.5, 0.6) is 0 Å². The lowest BCUT2D eigenvalue weighted by atomic mass is 9.84. The Morgan fingerprint density at radius 2 is 2.03 bits per heavy atom. The molecule has 30 heavy (non-hydrogen) atoms. The maximum atomic E-state index is 12.9. The second-order valence-electron chi connectivity index (χ2n) is 9.21. The lowest BCUT2D eigenvalue weighted by Gasteiger charge is -2.28. The van der Waals surface area contributed by atoms with Crippen molar-refractivity contribution >= 4 is 11.7 Å². The third kappa shape index (κ3) is 6.67. The number of amides is 1. The molecule has 0 unspecified atom stereocenters. The zero-order valence-electron chi connectivity index (χ0n) is 18.7. The highest BCUT2D eigenvalue weighted by atomic mass is 16.3. The molecule has 2 fully saturated rings. The predicted molar refractivity (Wildman–Crippen MR) is 119 cm³/mol. The van der Waals surface area contributed by atoms with E-state index in [0.29, 0.717) is 30.8 Å². The second kappa shape index (κ2) is 11.7. The number of hydrogen-bond donors (Lipinski definition) is 2. The molecule has 6 heteroatoms. The summed E-state index contributed by atoms with van der Waals surface area (Å²) in [6.45, 7) is 6.51. The molecule has 1 aromatic rings. The molecule has 2 N–H and O–H groups in total. The fourth-order valence-electron chi connectivity index (χ4n) is 4.99. The zero-order valence-corrected chi connectivity index (χ0v) is 18.7. The number of carbonyl (C=O) groups is 2. The maximum Gasteiger partial charge on any atom is 0.287 e. The number of furan rings is 1. The van der Waals surface area contributed by atoms with Gasteiger partial charge in [-0.15, -0.1) is 0 Å². The van der Waals surface area contributed by atoms with E-state index in [0.717, 1.165) is 32.2 Å². The molecule has 1 saturated heterocycles. The third-order valence-corrected chi connectivity index (χ3v) is 6.79. The van der Waals surface area contributed by atoms with Crippen molar-refractivity contribution in [2.45, 2.75) is 89.8 Å². The van der Waals surface area contributed by atoms with Crippen molar-refractivity contribution in [3.05, 3.63) is 24.2 Å². The van der Waals surface area contributed by atoms with Crippen LogP contribution in [0.4, 0.5) is 0 Å². The van der Waals surface area contributed by atoms with Crippen LogP contribution in [0.15, 0.2) is 22.8 Å². The third-order valence-electron chi connectivity index (χ3n) is 6.79. The van der Waals surface area contributed by atoms with Crippen LogP contribution in [0, 0.1) is 5.92 Å². The Balaban J connectivity index is 1.58. The van der Waals surface area contributed by atoms with Crippen molar-refractivity contribution in [1.29, 1.82) is 0 Å². The van der Waals surface area contributed by atoms with E-state index in [4.69, 9.17) is 4.42 Å². The monoisotopic (exact) mass is 417 g/mol. The molecule has 0 aromatic carbocycles. The van der Waals surface area contributed by atoms with Crippen LogP contribution in [0.2, 0.25) is 0 Å². The van der Waals surface area contributed by atoms with Crippen molar-refractivity contribution < 1.29 is 14.0 Å². The van der Waals surface area contributed by atoms with Gasteiger partial charge in [-0.05, 0) is 57.2 Å². The Morgan fingerprint density at radius 1 is 1.23 bits per heavy atom. The number of Topliss-reactive ketones (excluding diaryl/α,β-unsaturated/α-hetero) is 1. The fraction of sp³-hybridized carbons (Fsp3) is 0.750. The summed E-state index contributed by atoms with van der Waals surface area (Å²) in [6, 6.07) is 3.75. The lowest BCUT2D eigenvalue weighted by molar-refractivity contribution is -0.121. The summed E-state index contributed by atoms with van der Waals surface area (Å²) in [4.78, 5) is 27.7. The van der Waals surface area contributed by atoms with Crippen LogP contribution >= 0.6 is 0 Å². The van der Waals surface area contributed by atoms with E-state index < -0.39 is 0 Å². The minimum absolute atomic E-state index is 0.00548. The smallest absolute Gasteiger partial charge is 0.287 e. The SMILES string of the molecule is CCCN1CC(=O)[C@@H](NC[C@H](CC2CCCCC2)NC(=O)c2ccco2)CC[C@H]1C. The Labute approximate surface area is 181 Å². The van der Waals surface area contributed by atoms with Crippen molar-refractivity contribution in [2.24, 2.45) is 5.92 Å². The average Bonchev–Trinajstić information content (AvgIpc) is 3.24. The summed E-state index contributed by atoms with van der Waals surface area (Å²) in [6.07, 6.45) is 11.8. The normalized spacial score (nSPS) is 25.1. The molecule has 0 spiro atoms. The van der Waals surface area contributed by atoms with Crippen LogP contribution in [-0.4, -0.2) is 54.4 Å². The molecule has 0 radical (unpaired) electrons. The molecule has 1 aliphatic heterocycles. The molecule has 3 rings (SSSR count). The van der Waals surface area contributed by atoms with E-state index in [1.54, 1.807) is 12.1 Å². The van der Waals surface area contributed by atoms with Gasteiger partial charge in [-0.1, -0.05) is 39.0 Å². The summed E-state index contributed by atoms with van der Waals surface area (Å²) in [5, 5.41) is 6.67. The van der Waals surface area contributed by atoms with Gasteiger partial charge in [0.25, 0.3) is 5.91 Å². The molecule has 3 atom stereocenters. The molecule has 1 saturated carbocycles. The van der Waals surface area contributed by atoms with Crippen LogP contribution < -0.4 is 10.6 Å². The van der Waals surface area contributed by atoms with Gasteiger partial charge < -0.3 is 15.1 Å². The number of ketones is 1. The molecule has 168 valence electrons. The van der Waals surface area contributed by atoms with E-state index in [9.17, 15) is 9.59 Å². The number of nitrogens with zero attached hydrogens (tertiary/aromatic N) is 1. The molecule has 2 aliphatic rings. The minimum atomic E-state index is -0.169. The van der Waals surface area contributed by atoms with Gasteiger partial charge in [-0.2, -0.15) is 0 Å². The second-order valence-corrected chi connectivity index (χ2v) is 9.21. The van der Waals surface area contributed by atoms with Crippen LogP contribution in [0.3, 0.4) is 0 Å². The first-order chi connectivity index (χ1) is 14.6. The van der Waals surface area contributed by atoms with E-state index in [1.807, 2.05) is 0 Å². The van der Waals surface area contributed by atoms with Gasteiger partial charge in [-0.25, -0.2) is 0 Å². The van der Waals surface area contributed by atoms with Crippen molar-refractivity contribution in [1.82, 2.24) is 15.5 Å². The predicted octanol–water partition coefficient (Wildman–Crippen LogP) is 3.77. The fourth-order valence-corrected chi connectivity index (χ4v) is 4.99. The summed E-state index contributed by atoms with van der Waals surface area (Å²) in [5.41, 5.74) is 0. The first-order valence-corrected chi connectivity index (χ1v) is 11.9. The summed E-state index contributed by atoms with van der Waals surface area (Å²) >= 11 is 0. The van der Waals surface area contributed by atoms with Gasteiger partial charge in [-0.3, -0.25) is 14.5 Å². The van der Waals surface area contributed by atoms with Crippen LogP contribution in [0.25, 0.3) is 0 Å². The molecule has 1 aliphatic carbocycles. The highest BCUT2D eigenvalue weighted by Gasteiger charge is 2.29. The Kier molecular flexibility index (Phi) is 8.94. The number of carbonyl (C=O) groups excluding carboxylic acids is 2. The number of likely N-dealkylation sites (tertiary alicyclic amines) is 1. The van der Waals surface area contributed by atoms with E-state index >= 15 is 0 Å². The topological polar surface area (TPSA) is 74.6 Å². The quantitative estimate of drug-likeness (QED) is 0.640. The number of rotatable bonds is 9. The van der Waals surface area contributed by atoms with Crippen molar-refractivity contribution in [3.63, 3.8) is 0 Å². The minimum Gasteiger partial charge on any atom is -0.459 e.